The summed E-state index contributed by atoms with van der Waals surface area (Å²) in [5.41, 5.74) is 3.70. The molecule has 1 aromatic heterocycles. The van der Waals surface area contributed by atoms with E-state index in [0.717, 1.165) is 16.9 Å². The maximum atomic E-state index is 11.9. The van der Waals surface area contributed by atoms with E-state index in [-0.39, 0.29) is 5.76 Å². The summed E-state index contributed by atoms with van der Waals surface area (Å²) in [5, 5.41) is 0. The van der Waals surface area contributed by atoms with E-state index in [1.807, 2.05) is 89.2 Å². The maximum Gasteiger partial charge on any atom is 0.424 e. The van der Waals surface area contributed by atoms with Gasteiger partial charge in [-0.3, -0.25) is 0 Å². The molecule has 0 amide bonds. The van der Waals surface area contributed by atoms with Crippen molar-refractivity contribution in [1.82, 2.24) is 4.57 Å². The van der Waals surface area contributed by atoms with Crippen molar-refractivity contribution in [3.63, 3.8) is 0 Å². The minimum Gasteiger partial charge on any atom is -0.415 e. The largest absolute Gasteiger partial charge is 0.424 e. The monoisotopic (exact) mass is 311 g/mol. The van der Waals surface area contributed by atoms with Gasteiger partial charge in [0.2, 0.25) is 0 Å². The minimum absolute atomic E-state index is 0.373. The molecule has 23 heavy (non-hydrogen) atoms. The molecule has 2 aromatic carbocycles. The van der Waals surface area contributed by atoms with Gasteiger partial charge < -0.3 is 4.42 Å². The summed E-state index contributed by atoms with van der Waals surface area (Å²) in [6.07, 6.45) is 1.50. The highest BCUT2D eigenvalue weighted by Crippen LogP contribution is 2.21. The smallest absolute Gasteiger partial charge is 0.415 e. The molecule has 1 heterocycles. The van der Waals surface area contributed by atoms with Crippen LogP contribution in [0.25, 0.3) is 16.9 Å². The number of aryl methyl sites for hydroxylation is 1. The lowest BCUT2D eigenvalue weighted by Gasteiger charge is -2.06. The van der Waals surface area contributed by atoms with Crippen molar-refractivity contribution in [2.75, 3.05) is 0 Å². The van der Waals surface area contributed by atoms with Crippen LogP contribution in [0.15, 0.2) is 70.1 Å². The van der Waals surface area contributed by atoms with E-state index in [2.05, 4.69) is 0 Å². The zero-order chi connectivity index (χ0) is 17.2. The number of rotatable bonds is 2. The molecule has 0 atom stereocenters. The number of oxazole rings is 1. The van der Waals surface area contributed by atoms with E-state index in [1.165, 1.54) is 11.8 Å². The fourth-order valence-corrected chi connectivity index (χ4v) is 2.05. The fourth-order valence-electron chi connectivity index (χ4n) is 2.05. The van der Waals surface area contributed by atoms with E-state index in [9.17, 15) is 4.79 Å². The molecule has 122 valence electrons. The van der Waals surface area contributed by atoms with Gasteiger partial charge in [-0.2, -0.15) is 0 Å². The summed E-state index contributed by atoms with van der Waals surface area (Å²) in [6.45, 7) is 10.0. The molecule has 0 unspecified atom stereocenters. The standard InChI is InChI=1S/C16H13NO2.2C2H6/c1-12-7-9-13(10-8-12)15-11-19-16(18)17(15)14-5-3-2-4-6-14;2*1-2/h2-11H,1H3;2*1-2H3. The third-order valence-corrected chi connectivity index (χ3v) is 3.06. The van der Waals surface area contributed by atoms with Crippen LogP contribution in [0, 0.1) is 6.92 Å². The minimum atomic E-state index is -0.373. The summed E-state index contributed by atoms with van der Waals surface area (Å²) in [4.78, 5) is 11.9. The topological polar surface area (TPSA) is 35.1 Å². The number of benzene rings is 2. The van der Waals surface area contributed by atoms with Crippen LogP contribution in [0.2, 0.25) is 0 Å². The zero-order valence-corrected chi connectivity index (χ0v) is 14.5. The van der Waals surface area contributed by atoms with Crippen molar-refractivity contribution in [3.05, 3.63) is 77.0 Å². The van der Waals surface area contributed by atoms with Crippen molar-refractivity contribution in [2.24, 2.45) is 0 Å². The van der Waals surface area contributed by atoms with Gasteiger partial charge in [-0.1, -0.05) is 75.7 Å². The van der Waals surface area contributed by atoms with E-state index in [1.54, 1.807) is 4.57 Å². The Hall–Kier alpha value is -2.55. The van der Waals surface area contributed by atoms with Gasteiger partial charge in [-0.05, 0) is 19.1 Å². The summed E-state index contributed by atoms with van der Waals surface area (Å²) in [5.74, 6) is -0.373. The number of nitrogens with zero attached hydrogens (tertiary/aromatic N) is 1. The molecule has 0 radical (unpaired) electrons. The molecular formula is C20H25NO2. The van der Waals surface area contributed by atoms with Crippen LogP contribution in [0.4, 0.5) is 0 Å². The number of aromatic nitrogens is 1. The third-order valence-electron chi connectivity index (χ3n) is 3.06. The molecule has 3 aromatic rings. The van der Waals surface area contributed by atoms with Crippen molar-refractivity contribution < 1.29 is 4.42 Å². The summed E-state index contributed by atoms with van der Waals surface area (Å²) >= 11 is 0. The van der Waals surface area contributed by atoms with Crippen molar-refractivity contribution in [3.8, 4) is 16.9 Å². The Labute approximate surface area is 138 Å². The lowest BCUT2D eigenvalue weighted by Crippen LogP contribution is -2.12. The second kappa shape index (κ2) is 9.46. The first-order valence-corrected chi connectivity index (χ1v) is 8.09. The Morgan fingerprint density at radius 3 is 1.96 bits per heavy atom. The summed E-state index contributed by atoms with van der Waals surface area (Å²) in [7, 11) is 0. The van der Waals surface area contributed by atoms with Crippen LogP contribution in [-0.4, -0.2) is 4.57 Å². The van der Waals surface area contributed by atoms with Gasteiger partial charge in [0.1, 0.15) is 6.26 Å². The Morgan fingerprint density at radius 2 is 1.39 bits per heavy atom. The molecule has 3 heteroatoms. The first kappa shape index (κ1) is 18.5. The molecule has 3 rings (SSSR count). The second-order valence-electron chi connectivity index (χ2n) is 4.42. The summed E-state index contributed by atoms with van der Waals surface area (Å²) in [6, 6.07) is 17.5. The highest BCUT2D eigenvalue weighted by atomic mass is 16.4. The van der Waals surface area contributed by atoms with Crippen LogP contribution >= 0.6 is 0 Å². The molecule has 0 spiro atoms. The molecule has 0 aliphatic carbocycles. The van der Waals surface area contributed by atoms with Crippen LogP contribution in [-0.2, 0) is 0 Å². The highest BCUT2D eigenvalue weighted by Gasteiger charge is 2.11. The van der Waals surface area contributed by atoms with Crippen LogP contribution < -0.4 is 5.76 Å². The van der Waals surface area contributed by atoms with Gasteiger partial charge >= 0.3 is 5.76 Å². The Morgan fingerprint density at radius 1 is 0.826 bits per heavy atom. The molecule has 0 fully saturated rings. The van der Waals surface area contributed by atoms with Gasteiger partial charge in [0.15, 0.2) is 0 Å². The average molecular weight is 311 g/mol. The molecule has 0 bridgehead atoms. The lowest BCUT2D eigenvalue weighted by atomic mass is 10.1. The van der Waals surface area contributed by atoms with Crippen molar-refractivity contribution >= 4 is 0 Å². The number of hydrogen-bond acceptors (Lipinski definition) is 2. The number of para-hydroxylation sites is 1. The predicted octanol–water partition coefficient (Wildman–Crippen LogP) is 5.46. The molecule has 0 saturated heterocycles. The van der Waals surface area contributed by atoms with Crippen LogP contribution in [0.5, 0.6) is 0 Å². The van der Waals surface area contributed by atoms with E-state index < -0.39 is 0 Å². The third kappa shape index (κ3) is 4.46. The predicted molar refractivity (Wildman–Crippen MR) is 97.2 cm³/mol. The van der Waals surface area contributed by atoms with E-state index >= 15 is 0 Å². The molecule has 0 aliphatic heterocycles. The Bertz CT molecular complexity index is 737. The Balaban J connectivity index is 0.000000615. The zero-order valence-electron chi connectivity index (χ0n) is 14.5. The SMILES string of the molecule is CC.CC.Cc1ccc(-c2coc(=O)n2-c2ccccc2)cc1. The van der Waals surface area contributed by atoms with Crippen LogP contribution in [0.3, 0.4) is 0 Å². The normalized spacial score (nSPS) is 9.26. The second-order valence-corrected chi connectivity index (χ2v) is 4.42. The Kier molecular flexibility index (Phi) is 7.61. The van der Waals surface area contributed by atoms with Gasteiger partial charge in [-0.15, -0.1) is 0 Å². The molecule has 0 saturated carbocycles. The maximum absolute atomic E-state index is 11.9. The first-order valence-electron chi connectivity index (χ1n) is 8.09. The quantitative estimate of drug-likeness (QED) is 0.630. The molecule has 3 nitrogen and oxygen atoms in total. The average Bonchev–Trinajstić information content (AvgIpc) is 3.01. The van der Waals surface area contributed by atoms with Crippen molar-refractivity contribution in [2.45, 2.75) is 34.6 Å². The van der Waals surface area contributed by atoms with Gasteiger partial charge in [0.05, 0.1) is 11.4 Å². The highest BCUT2D eigenvalue weighted by molar-refractivity contribution is 5.61. The molecule has 0 N–H and O–H groups in total. The lowest BCUT2D eigenvalue weighted by molar-refractivity contribution is 0.504. The van der Waals surface area contributed by atoms with Crippen molar-refractivity contribution in [1.29, 1.82) is 0 Å². The van der Waals surface area contributed by atoms with E-state index in [4.69, 9.17) is 4.42 Å². The fraction of sp³-hybridized carbons (Fsp3) is 0.250. The van der Waals surface area contributed by atoms with Gasteiger partial charge in [0, 0.05) is 5.56 Å². The van der Waals surface area contributed by atoms with Gasteiger partial charge in [-0.25, -0.2) is 9.36 Å². The van der Waals surface area contributed by atoms with Gasteiger partial charge in [0.25, 0.3) is 0 Å². The first-order chi connectivity index (χ1) is 11.3. The van der Waals surface area contributed by atoms with Crippen LogP contribution in [0.1, 0.15) is 33.3 Å². The summed E-state index contributed by atoms with van der Waals surface area (Å²) < 4.78 is 6.62. The molecule has 0 aliphatic rings. The molecular weight excluding hydrogens is 286 g/mol. The number of hydrogen-bond donors (Lipinski definition) is 0. The van der Waals surface area contributed by atoms with E-state index in [0.29, 0.717) is 0 Å².